The monoisotopic (exact) mass is 210 g/mol. The third-order valence-corrected chi connectivity index (χ3v) is 2.41. The van der Waals surface area contributed by atoms with Gasteiger partial charge in [0.1, 0.15) is 0 Å². The van der Waals surface area contributed by atoms with Gasteiger partial charge in [0.2, 0.25) is 0 Å². The molecule has 0 radical (unpaired) electrons. The van der Waals surface area contributed by atoms with Crippen LogP contribution in [-0.2, 0) is 10.8 Å². The molecule has 0 bridgehead atoms. The fraction of sp³-hybridized carbons (Fsp3) is 0.167. The summed E-state index contributed by atoms with van der Waals surface area (Å²) in [6.45, 7) is 0. The van der Waals surface area contributed by atoms with Gasteiger partial charge < -0.3 is 5.73 Å². The Bertz CT molecular complexity index is 339. The van der Waals surface area contributed by atoms with Gasteiger partial charge >= 0.3 is 5.51 Å². The number of nitrogens with two attached hydrogens (primary N) is 1. The van der Waals surface area contributed by atoms with Crippen molar-refractivity contribution in [1.29, 1.82) is 0 Å². The van der Waals surface area contributed by atoms with Crippen molar-refractivity contribution in [2.75, 3.05) is 5.73 Å². The van der Waals surface area contributed by atoms with E-state index in [0.29, 0.717) is 0 Å². The Balaban J connectivity index is 3.10. The summed E-state index contributed by atoms with van der Waals surface area (Å²) in [4.78, 5) is 3.03. The van der Waals surface area contributed by atoms with Gasteiger partial charge in [-0.1, -0.05) is 0 Å². The van der Waals surface area contributed by atoms with E-state index in [1.165, 1.54) is 0 Å². The molecule has 0 spiro atoms. The van der Waals surface area contributed by atoms with E-state index in [1.54, 1.807) is 0 Å². The van der Waals surface area contributed by atoms with Gasteiger partial charge in [-0.2, -0.15) is 13.2 Å². The third-order valence-electron chi connectivity index (χ3n) is 1.22. The van der Waals surface area contributed by atoms with E-state index < -0.39 is 21.2 Å². The molecule has 3 nitrogen and oxygen atoms in total. The van der Waals surface area contributed by atoms with E-state index in [9.17, 15) is 17.4 Å². The van der Waals surface area contributed by atoms with E-state index in [2.05, 4.69) is 4.98 Å². The molecule has 0 aliphatic carbocycles. The lowest BCUT2D eigenvalue weighted by Gasteiger charge is -2.07. The highest BCUT2D eigenvalue weighted by Crippen LogP contribution is 2.28. The third kappa shape index (κ3) is 2.18. The topological polar surface area (TPSA) is 56.0 Å². The van der Waals surface area contributed by atoms with E-state index in [1.807, 2.05) is 0 Å². The number of anilines is 1. The van der Waals surface area contributed by atoms with Crippen LogP contribution in [0.15, 0.2) is 23.4 Å². The van der Waals surface area contributed by atoms with Crippen LogP contribution in [0.4, 0.5) is 18.9 Å². The number of hydrogen-bond donors (Lipinski definition) is 1. The van der Waals surface area contributed by atoms with Crippen molar-refractivity contribution in [3.8, 4) is 0 Å². The van der Waals surface area contributed by atoms with Crippen molar-refractivity contribution in [2.45, 2.75) is 10.4 Å². The Morgan fingerprint density at radius 2 is 2.08 bits per heavy atom. The molecular weight excluding hydrogens is 205 g/mol. The molecule has 13 heavy (non-hydrogen) atoms. The van der Waals surface area contributed by atoms with Crippen LogP contribution in [0.1, 0.15) is 0 Å². The highest BCUT2D eigenvalue weighted by atomic mass is 32.2. The minimum atomic E-state index is -4.78. The summed E-state index contributed by atoms with van der Waals surface area (Å²) in [7, 11) is -3.08. The first-order valence-electron chi connectivity index (χ1n) is 3.11. The summed E-state index contributed by atoms with van der Waals surface area (Å²) in [5, 5.41) is 0. The van der Waals surface area contributed by atoms with Crippen molar-refractivity contribution in [2.24, 2.45) is 0 Å². The minimum absolute atomic E-state index is 0.224. The molecule has 0 aliphatic heterocycles. The molecule has 1 heterocycles. The maximum absolute atomic E-state index is 11.9. The molecule has 0 saturated heterocycles. The first-order valence-corrected chi connectivity index (χ1v) is 4.26. The van der Waals surface area contributed by atoms with E-state index in [-0.39, 0.29) is 5.69 Å². The number of pyridine rings is 1. The summed E-state index contributed by atoms with van der Waals surface area (Å²) in [5.74, 6) is 0. The molecule has 0 aromatic carbocycles. The van der Waals surface area contributed by atoms with Crippen molar-refractivity contribution in [3.05, 3.63) is 18.5 Å². The lowest BCUT2D eigenvalue weighted by atomic mass is 10.4. The van der Waals surface area contributed by atoms with E-state index in [4.69, 9.17) is 5.73 Å². The van der Waals surface area contributed by atoms with Gasteiger partial charge in [0.25, 0.3) is 0 Å². The standard InChI is InChI=1S/C6H5F3N2OS/c7-6(8,9)13(12)5-1-2-11-3-4(5)10/h1-3H,10H2. The fourth-order valence-electron chi connectivity index (χ4n) is 0.687. The summed E-state index contributed by atoms with van der Waals surface area (Å²) >= 11 is 0. The van der Waals surface area contributed by atoms with Crippen LogP contribution < -0.4 is 5.73 Å². The van der Waals surface area contributed by atoms with Crippen LogP contribution in [0.25, 0.3) is 0 Å². The first-order chi connectivity index (χ1) is 5.93. The molecule has 1 rings (SSSR count). The van der Waals surface area contributed by atoms with Gasteiger partial charge in [0.15, 0.2) is 10.8 Å². The maximum Gasteiger partial charge on any atom is 0.475 e. The molecule has 2 N–H and O–H groups in total. The van der Waals surface area contributed by atoms with Gasteiger partial charge in [-0.25, -0.2) is 4.21 Å². The largest absolute Gasteiger partial charge is 0.475 e. The van der Waals surface area contributed by atoms with E-state index >= 15 is 0 Å². The number of hydrogen-bond acceptors (Lipinski definition) is 3. The van der Waals surface area contributed by atoms with Gasteiger partial charge in [0, 0.05) is 6.20 Å². The molecule has 1 unspecified atom stereocenters. The summed E-state index contributed by atoms with van der Waals surface area (Å²) < 4.78 is 46.6. The predicted octanol–water partition coefficient (Wildman–Crippen LogP) is 1.29. The molecular formula is C6H5F3N2OS. The van der Waals surface area contributed by atoms with Crippen LogP contribution in [-0.4, -0.2) is 14.7 Å². The normalized spacial score (nSPS) is 14.1. The van der Waals surface area contributed by atoms with Gasteiger partial charge in [0.05, 0.1) is 16.8 Å². The molecule has 0 saturated carbocycles. The number of aromatic nitrogens is 1. The van der Waals surface area contributed by atoms with Gasteiger partial charge in [-0.15, -0.1) is 0 Å². The number of halogens is 3. The Hall–Kier alpha value is -1.11. The average Bonchev–Trinajstić information content (AvgIpc) is 2.02. The second-order valence-electron chi connectivity index (χ2n) is 2.13. The average molecular weight is 210 g/mol. The lowest BCUT2D eigenvalue weighted by Crippen LogP contribution is -2.17. The Morgan fingerprint density at radius 1 is 1.46 bits per heavy atom. The zero-order valence-electron chi connectivity index (χ0n) is 6.21. The zero-order valence-corrected chi connectivity index (χ0v) is 7.02. The van der Waals surface area contributed by atoms with Crippen molar-refractivity contribution < 1.29 is 17.4 Å². The van der Waals surface area contributed by atoms with Crippen LogP contribution in [0.2, 0.25) is 0 Å². The van der Waals surface area contributed by atoms with Crippen LogP contribution in [0.5, 0.6) is 0 Å². The van der Waals surface area contributed by atoms with Gasteiger partial charge in [-0.05, 0) is 6.07 Å². The molecule has 1 atom stereocenters. The second kappa shape index (κ2) is 3.33. The zero-order chi connectivity index (χ0) is 10.1. The second-order valence-corrected chi connectivity index (χ2v) is 3.57. The molecule has 1 aromatic heterocycles. The Kier molecular flexibility index (Phi) is 2.55. The number of nitrogens with zero attached hydrogens (tertiary/aromatic N) is 1. The summed E-state index contributed by atoms with van der Waals surface area (Å²) in [5.41, 5.74) is 0.156. The van der Waals surface area contributed by atoms with Gasteiger partial charge in [-0.3, -0.25) is 4.98 Å². The maximum atomic E-state index is 11.9. The number of alkyl halides is 3. The lowest BCUT2D eigenvalue weighted by molar-refractivity contribution is -0.0384. The van der Waals surface area contributed by atoms with Crippen molar-refractivity contribution in [1.82, 2.24) is 4.98 Å². The molecule has 0 aliphatic rings. The van der Waals surface area contributed by atoms with Crippen LogP contribution in [0.3, 0.4) is 0 Å². The number of rotatable bonds is 1. The van der Waals surface area contributed by atoms with Crippen LogP contribution in [0, 0.1) is 0 Å². The molecule has 72 valence electrons. The summed E-state index contributed by atoms with van der Waals surface area (Å²) in [6, 6.07) is 0.985. The molecule has 1 aromatic rings. The molecule has 0 amide bonds. The van der Waals surface area contributed by atoms with E-state index in [0.717, 1.165) is 18.5 Å². The SMILES string of the molecule is Nc1cnccc1S(=O)C(F)(F)F. The predicted molar refractivity (Wildman–Crippen MR) is 41.1 cm³/mol. The smallest absolute Gasteiger partial charge is 0.396 e. The minimum Gasteiger partial charge on any atom is -0.396 e. The first kappa shape index (κ1) is 9.97. The van der Waals surface area contributed by atoms with Crippen molar-refractivity contribution in [3.63, 3.8) is 0 Å². The van der Waals surface area contributed by atoms with Crippen LogP contribution >= 0.6 is 0 Å². The molecule has 0 fully saturated rings. The quantitative estimate of drug-likeness (QED) is 0.759. The fourth-order valence-corrected chi connectivity index (χ4v) is 1.39. The highest BCUT2D eigenvalue weighted by Gasteiger charge is 2.38. The summed E-state index contributed by atoms with van der Waals surface area (Å²) in [6.07, 6.45) is 2.13. The highest BCUT2D eigenvalue weighted by molar-refractivity contribution is 7.86. The Morgan fingerprint density at radius 3 is 2.54 bits per heavy atom. The number of nitrogen functional groups attached to an aromatic ring is 1. The molecule has 7 heteroatoms. The Labute approximate surface area is 74.2 Å². The van der Waals surface area contributed by atoms with Crippen molar-refractivity contribution >= 4 is 16.5 Å².